The van der Waals surface area contributed by atoms with E-state index in [1.54, 1.807) is 4.68 Å². The van der Waals surface area contributed by atoms with Gasteiger partial charge in [-0.1, -0.05) is 42.5 Å². The zero-order valence-electron chi connectivity index (χ0n) is 12.0. The molecular formula is C15H19N3O2. The van der Waals surface area contributed by atoms with E-state index in [-0.39, 0.29) is 12.6 Å². The normalized spacial score (nSPS) is 12.2. The van der Waals surface area contributed by atoms with Crippen molar-refractivity contribution >= 4 is 5.97 Å². The number of rotatable bonds is 5. The molecule has 5 heteroatoms. The van der Waals surface area contributed by atoms with Crippen LogP contribution in [-0.2, 0) is 11.3 Å². The first-order valence-electron chi connectivity index (χ1n) is 6.76. The van der Waals surface area contributed by atoms with Crippen LogP contribution >= 0.6 is 0 Å². The van der Waals surface area contributed by atoms with Gasteiger partial charge < -0.3 is 4.74 Å². The number of hydrogen-bond donors (Lipinski definition) is 0. The number of aromatic nitrogens is 3. The molecule has 0 N–H and O–H groups in total. The Bertz CT molecular complexity index is 578. The lowest BCUT2D eigenvalue weighted by Crippen LogP contribution is -2.10. The molecule has 0 fully saturated rings. The molecule has 0 radical (unpaired) electrons. The molecule has 1 unspecified atom stereocenters. The van der Waals surface area contributed by atoms with Crippen LogP contribution in [0.4, 0.5) is 0 Å². The molecule has 0 aliphatic rings. The molecule has 0 amide bonds. The fraction of sp³-hybridized carbons (Fsp3) is 0.400. The van der Waals surface area contributed by atoms with Crippen molar-refractivity contribution in [3.05, 3.63) is 47.3 Å². The molecule has 106 valence electrons. The van der Waals surface area contributed by atoms with Crippen molar-refractivity contribution in [1.29, 1.82) is 0 Å². The van der Waals surface area contributed by atoms with Crippen LogP contribution < -0.4 is 0 Å². The summed E-state index contributed by atoms with van der Waals surface area (Å²) in [5, 5.41) is 7.96. The highest BCUT2D eigenvalue weighted by atomic mass is 16.5. The fourth-order valence-corrected chi connectivity index (χ4v) is 1.91. The minimum Gasteiger partial charge on any atom is -0.456 e. The Morgan fingerprint density at radius 1 is 1.35 bits per heavy atom. The van der Waals surface area contributed by atoms with Gasteiger partial charge in [0.1, 0.15) is 6.61 Å². The maximum Gasteiger partial charge on any atom is 0.361 e. The Hall–Kier alpha value is -2.17. The highest BCUT2D eigenvalue weighted by molar-refractivity contribution is 5.88. The average molecular weight is 273 g/mol. The highest BCUT2D eigenvalue weighted by Crippen LogP contribution is 2.15. The lowest BCUT2D eigenvalue weighted by molar-refractivity contribution is 0.0464. The van der Waals surface area contributed by atoms with Crippen LogP contribution in [0.5, 0.6) is 0 Å². The summed E-state index contributed by atoms with van der Waals surface area (Å²) in [5.41, 5.74) is 1.99. The van der Waals surface area contributed by atoms with Crippen molar-refractivity contribution in [2.45, 2.75) is 39.8 Å². The van der Waals surface area contributed by atoms with Crippen molar-refractivity contribution in [3.63, 3.8) is 0 Å². The van der Waals surface area contributed by atoms with E-state index in [9.17, 15) is 4.79 Å². The Morgan fingerprint density at radius 2 is 2.05 bits per heavy atom. The maximum atomic E-state index is 12.0. The van der Waals surface area contributed by atoms with E-state index in [1.165, 1.54) is 0 Å². The van der Waals surface area contributed by atoms with Gasteiger partial charge in [-0.15, -0.1) is 5.10 Å². The van der Waals surface area contributed by atoms with Crippen LogP contribution in [0.2, 0.25) is 0 Å². The van der Waals surface area contributed by atoms with Crippen LogP contribution in [0.3, 0.4) is 0 Å². The smallest absolute Gasteiger partial charge is 0.361 e. The number of hydrogen-bond acceptors (Lipinski definition) is 4. The largest absolute Gasteiger partial charge is 0.456 e. The van der Waals surface area contributed by atoms with Crippen molar-refractivity contribution in [2.75, 3.05) is 0 Å². The van der Waals surface area contributed by atoms with Crippen LogP contribution in [0.25, 0.3) is 0 Å². The molecule has 2 rings (SSSR count). The van der Waals surface area contributed by atoms with E-state index in [2.05, 4.69) is 17.2 Å². The SMILES string of the molecule is CCC(C)n1nnc(C(=O)OCc2ccccc2)c1C. The van der Waals surface area contributed by atoms with Crippen LogP contribution in [0.15, 0.2) is 30.3 Å². The molecule has 0 spiro atoms. The van der Waals surface area contributed by atoms with Gasteiger partial charge in [-0.2, -0.15) is 0 Å². The first-order chi connectivity index (χ1) is 9.63. The minimum absolute atomic E-state index is 0.221. The van der Waals surface area contributed by atoms with Crippen LogP contribution in [0.1, 0.15) is 48.1 Å². The van der Waals surface area contributed by atoms with Gasteiger partial charge in [-0.3, -0.25) is 0 Å². The topological polar surface area (TPSA) is 57.0 Å². The van der Waals surface area contributed by atoms with Gasteiger partial charge in [0.2, 0.25) is 0 Å². The molecule has 20 heavy (non-hydrogen) atoms. The first-order valence-corrected chi connectivity index (χ1v) is 6.76. The summed E-state index contributed by atoms with van der Waals surface area (Å²) in [5.74, 6) is -0.430. The number of carbonyl (C=O) groups is 1. The first kappa shape index (κ1) is 14.2. The second kappa shape index (κ2) is 6.32. The molecule has 1 aromatic carbocycles. The third-order valence-electron chi connectivity index (χ3n) is 3.34. The number of nitrogens with zero attached hydrogens (tertiary/aromatic N) is 3. The summed E-state index contributed by atoms with van der Waals surface area (Å²) >= 11 is 0. The zero-order chi connectivity index (χ0) is 14.5. The minimum atomic E-state index is -0.430. The Morgan fingerprint density at radius 3 is 2.70 bits per heavy atom. The van der Waals surface area contributed by atoms with Gasteiger partial charge in [0.25, 0.3) is 0 Å². The van der Waals surface area contributed by atoms with E-state index in [4.69, 9.17) is 4.74 Å². The molecule has 1 heterocycles. The van der Waals surface area contributed by atoms with Gasteiger partial charge in [0, 0.05) is 0 Å². The number of benzene rings is 1. The Labute approximate surface area is 118 Å². The molecule has 1 aromatic heterocycles. The van der Waals surface area contributed by atoms with Gasteiger partial charge in [-0.25, -0.2) is 9.48 Å². The molecule has 0 saturated heterocycles. The van der Waals surface area contributed by atoms with Crippen LogP contribution in [0, 0.1) is 6.92 Å². The molecule has 5 nitrogen and oxygen atoms in total. The second-order valence-corrected chi connectivity index (χ2v) is 4.79. The van der Waals surface area contributed by atoms with E-state index in [0.717, 1.165) is 17.7 Å². The van der Waals surface area contributed by atoms with E-state index in [1.807, 2.05) is 44.2 Å². The highest BCUT2D eigenvalue weighted by Gasteiger charge is 2.19. The predicted molar refractivity (Wildman–Crippen MR) is 75.3 cm³/mol. The second-order valence-electron chi connectivity index (χ2n) is 4.79. The number of carbonyl (C=O) groups excluding carboxylic acids is 1. The van der Waals surface area contributed by atoms with Crippen molar-refractivity contribution in [2.24, 2.45) is 0 Å². The standard InChI is InChI=1S/C15H19N3O2/c1-4-11(2)18-12(3)14(16-17-18)15(19)20-10-13-8-6-5-7-9-13/h5-9,11H,4,10H2,1-3H3. The average Bonchev–Trinajstić information content (AvgIpc) is 2.87. The van der Waals surface area contributed by atoms with Crippen molar-refractivity contribution in [1.82, 2.24) is 15.0 Å². The molecule has 1 atom stereocenters. The molecule has 2 aromatic rings. The van der Waals surface area contributed by atoms with Crippen molar-refractivity contribution < 1.29 is 9.53 Å². The van der Waals surface area contributed by atoms with Gasteiger partial charge >= 0.3 is 5.97 Å². The monoisotopic (exact) mass is 273 g/mol. The summed E-state index contributed by atoms with van der Waals surface area (Å²) in [6.07, 6.45) is 0.933. The maximum absolute atomic E-state index is 12.0. The zero-order valence-corrected chi connectivity index (χ0v) is 12.0. The lowest BCUT2D eigenvalue weighted by Gasteiger charge is -2.10. The fourth-order valence-electron chi connectivity index (χ4n) is 1.91. The number of ether oxygens (including phenoxy) is 1. The van der Waals surface area contributed by atoms with Crippen LogP contribution in [-0.4, -0.2) is 21.0 Å². The Balaban J connectivity index is 2.05. The molecule has 0 aliphatic heterocycles. The third kappa shape index (κ3) is 3.04. The number of esters is 1. The lowest BCUT2D eigenvalue weighted by atomic mass is 10.2. The molecule has 0 aliphatic carbocycles. The summed E-state index contributed by atoms with van der Waals surface area (Å²) in [6, 6.07) is 9.79. The van der Waals surface area contributed by atoms with Crippen molar-refractivity contribution in [3.8, 4) is 0 Å². The molecule has 0 bridgehead atoms. The third-order valence-corrected chi connectivity index (χ3v) is 3.34. The van der Waals surface area contributed by atoms with E-state index < -0.39 is 5.97 Å². The summed E-state index contributed by atoms with van der Waals surface area (Å²) in [4.78, 5) is 12.0. The Kier molecular flexibility index (Phi) is 4.50. The summed E-state index contributed by atoms with van der Waals surface area (Å²) in [7, 11) is 0. The van der Waals surface area contributed by atoms with E-state index in [0.29, 0.717) is 5.69 Å². The molecule has 0 saturated carbocycles. The summed E-state index contributed by atoms with van der Waals surface area (Å²) in [6.45, 7) is 6.19. The van der Waals surface area contributed by atoms with Gasteiger partial charge in [0.05, 0.1) is 11.7 Å². The van der Waals surface area contributed by atoms with Gasteiger partial charge in [0.15, 0.2) is 5.69 Å². The summed E-state index contributed by atoms with van der Waals surface area (Å²) < 4.78 is 7.03. The van der Waals surface area contributed by atoms with E-state index >= 15 is 0 Å². The predicted octanol–water partition coefficient (Wildman–Crippen LogP) is 2.91. The quantitative estimate of drug-likeness (QED) is 0.786. The van der Waals surface area contributed by atoms with Gasteiger partial charge in [-0.05, 0) is 25.8 Å². The molecular weight excluding hydrogens is 254 g/mol.